The lowest BCUT2D eigenvalue weighted by Gasteiger charge is -2.24. The number of allylic oxidation sites excluding steroid dienone is 12. The van der Waals surface area contributed by atoms with Crippen molar-refractivity contribution < 1.29 is 24.5 Å². The zero-order valence-electron chi connectivity index (χ0n) is 40.0. The Labute approximate surface area is 377 Å². The van der Waals surface area contributed by atoms with E-state index in [1.165, 1.54) is 122 Å². The van der Waals surface area contributed by atoms with Crippen LogP contribution in [0.15, 0.2) is 72.9 Å². The van der Waals surface area contributed by atoms with Gasteiger partial charge in [0.25, 0.3) is 0 Å². The van der Waals surface area contributed by atoms with Gasteiger partial charge >= 0.3 is 5.97 Å². The van der Waals surface area contributed by atoms with Gasteiger partial charge in [-0.25, -0.2) is 0 Å². The molecular weight excluding hydrogens is 755 g/mol. The van der Waals surface area contributed by atoms with Gasteiger partial charge in [0.1, 0.15) is 6.10 Å². The Kier molecular flexibility index (Phi) is 46.2. The van der Waals surface area contributed by atoms with Crippen molar-refractivity contribution in [2.24, 2.45) is 0 Å². The topological polar surface area (TPSA) is 95.9 Å². The van der Waals surface area contributed by atoms with Gasteiger partial charge in [0.15, 0.2) is 0 Å². The van der Waals surface area contributed by atoms with Crippen molar-refractivity contribution in [1.29, 1.82) is 0 Å². The highest BCUT2D eigenvalue weighted by Crippen LogP contribution is 2.17. The van der Waals surface area contributed by atoms with Crippen molar-refractivity contribution in [1.82, 2.24) is 5.32 Å². The van der Waals surface area contributed by atoms with Gasteiger partial charge in [-0.1, -0.05) is 235 Å². The van der Waals surface area contributed by atoms with E-state index < -0.39 is 18.2 Å². The van der Waals surface area contributed by atoms with Crippen molar-refractivity contribution in [3.8, 4) is 0 Å². The Morgan fingerprint density at radius 2 is 0.902 bits per heavy atom. The van der Waals surface area contributed by atoms with Gasteiger partial charge in [0, 0.05) is 6.42 Å². The van der Waals surface area contributed by atoms with E-state index in [1.54, 1.807) is 0 Å². The molecule has 3 unspecified atom stereocenters. The minimum Gasteiger partial charge on any atom is -0.462 e. The van der Waals surface area contributed by atoms with Crippen molar-refractivity contribution in [3.63, 3.8) is 0 Å². The monoisotopic (exact) mass is 852 g/mol. The van der Waals surface area contributed by atoms with E-state index in [2.05, 4.69) is 44.3 Å². The van der Waals surface area contributed by atoms with E-state index in [0.717, 1.165) is 64.2 Å². The van der Waals surface area contributed by atoms with Crippen LogP contribution in [-0.2, 0) is 14.3 Å². The molecule has 0 aliphatic heterocycles. The molecule has 61 heavy (non-hydrogen) atoms. The van der Waals surface area contributed by atoms with E-state index in [9.17, 15) is 19.8 Å². The van der Waals surface area contributed by atoms with Crippen LogP contribution in [0.1, 0.15) is 239 Å². The van der Waals surface area contributed by atoms with E-state index in [1.807, 2.05) is 54.7 Å². The van der Waals surface area contributed by atoms with Crippen LogP contribution in [0.4, 0.5) is 0 Å². The molecule has 6 nitrogen and oxygen atoms in total. The van der Waals surface area contributed by atoms with Gasteiger partial charge in [-0.3, -0.25) is 9.59 Å². The molecule has 0 fully saturated rings. The zero-order chi connectivity index (χ0) is 44.5. The molecule has 3 N–H and O–H groups in total. The molecule has 0 aromatic heterocycles. The zero-order valence-corrected chi connectivity index (χ0v) is 40.0. The van der Waals surface area contributed by atoms with Crippen LogP contribution in [0.25, 0.3) is 0 Å². The second-order valence-corrected chi connectivity index (χ2v) is 17.3. The molecule has 0 aliphatic carbocycles. The molecule has 0 aliphatic rings. The molecule has 0 radical (unpaired) electrons. The summed E-state index contributed by atoms with van der Waals surface area (Å²) in [5.74, 6) is -0.577. The van der Waals surface area contributed by atoms with Gasteiger partial charge in [-0.05, 0) is 64.2 Å². The van der Waals surface area contributed by atoms with Crippen LogP contribution < -0.4 is 5.32 Å². The quantitative estimate of drug-likeness (QED) is 0.0245. The van der Waals surface area contributed by atoms with E-state index in [-0.39, 0.29) is 24.9 Å². The Bertz CT molecular complexity index is 1140. The Morgan fingerprint density at radius 1 is 0.492 bits per heavy atom. The van der Waals surface area contributed by atoms with Crippen LogP contribution in [0.2, 0.25) is 0 Å². The fourth-order valence-electron chi connectivity index (χ4n) is 7.51. The average molecular weight is 852 g/mol. The predicted octanol–water partition coefficient (Wildman–Crippen LogP) is 15.4. The number of aliphatic hydroxyl groups excluding tert-OH is 2. The summed E-state index contributed by atoms with van der Waals surface area (Å²) in [6.07, 6.45) is 61.1. The summed E-state index contributed by atoms with van der Waals surface area (Å²) in [5, 5.41) is 23.7. The molecule has 0 saturated carbocycles. The summed E-state index contributed by atoms with van der Waals surface area (Å²) in [7, 11) is 0. The predicted molar refractivity (Wildman–Crippen MR) is 264 cm³/mol. The number of hydrogen-bond donors (Lipinski definition) is 3. The maximum atomic E-state index is 13.2. The highest BCUT2D eigenvalue weighted by Gasteiger charge is 2.24. The number of ether oxygens (including phenoxy) is 1. The first-order chi connectivity index (χ1) is 30.0. The third kappa shape index (κ3) is 43.7. The van der Waals surface area contributed by atoms with Crippen LogP contribution in [0.5, 0.6) is 0 Å². The number of nitrogens with one attached hydrogen (secondary N) is 1. The Hall–Kier alpha value is -2.70. The number of rotatable bonds is 45. The van der Waals surface area contributed by atoms with Crippen molar-refractivity contribution in [3.05, 3.63) is 72.9 Å². The fourth-order valence-corrected chi connectivity index (χ4v) is 7.51. The first kappa shape index (κ1) is 58.3. The lowest BCUT2D eigenvalue weighted by atomic mass is 10.0. The molecule has 0 aromatic carbocycles. The number of amides is 1. The summed E-state index contributed by atoms with van der Waals surface area (Å²) >= 11 is 0. The van der Waals surface area contributed by atoms with Crippen LogP contribution in [0, 0.1) is 0 Å². The fraction of sp³-hybridized carbons (Fsp3) is 0.745. The standard InChI is InChI=1S/C55H97NO5/c1-4-7-10-13-16-19-22-25-26-27-30-31-34-37-40-43-46-51(61-55(60)48-45-42-39-36-33-29-24-21-18-15-12-9-6-3)49-54(59)56-52(50-57)53(58)47-44-41-38-35-32-28-23-20-17-14-11-8-5-2/h9,12,15,18,21,24,29-31,33,36,39,51-53,57-58H,4-8,10-11,13-14,16-17,19-20,22-23,25-28,32,34-35,37-38,40-50H2,1-3H3,(H,56,59)/b12-9+,18-15+,24-21-,31-30+,33-29-,39-36+. The summed E-state index contributed by atoms with van der Waals surface area (Å²) in [5.41, 5.74) is 0. The number of hydrogen-bond acceptors (Lipinski definition) is 5. The summed E-state index contributed by atoms with van der Waals surface area (Å²) in [4.78, 5) is 26.1. The molecule has 352 valence electrons. The smallest absolute Gasteiger partial charge is 0.306 e. The normalized spacial score (nSPS) is 13.9. The van der Waals surface area contributed by atoms with Gasteiger partial charge in [0.2, 0.25) is 5.91 Å². The maximum Gasteiger partial charge on any atom is 0.306 e. The van der Waals surface area contributed by atoms with Crippen molar-refractivity contribution in [2.45, 2.75) is 257 Å². The molecule has 1 amide bonds. The molecule has 0 heterocycles. The first-order valence-corrected chi connectivity index (χ1v) is 25.7. The molecule has 0 bridgehead atoms. The van der Waals surface area contributed by atoms with E-state index in [0.29, 0.717) is 25.7 Å². The number of carbonyl (C=O) groups is 2. The minimum atomic E-state index is -0.806. The SMILES string of the molecule is CC/C=C/C=C/C=C\C=C/C=C/CCCC(=O)OC(CCCCC/C=C/CCCCCCCCCCC)CC(=O)NC(CO)C(O)CCCCCCCCCCCCCCC. The summed E-state index contributed by atoms with van der Waals surface area (Å²) in [6.45, 7) is 6.32. The number of carbonyl (C=O) groups excluding carboxylic acids is 2. The van der Waals surface area contributed by atoms with E-state index in [4.69, 9.17) is 4.74 Å². The van der Waals surface area contributed by atoms with Gasteiger partial charge in [-0.15, -0.1) is 0 Å². The molecule has 0 rings (SSSR count). The number of aliphatic hydroxyl groups is 2. The Morgan fingerprint density at radius 3 is 1.39 bits per heavy atom. The van der Waals surface area contributed by atoms with Crippen LogP contribution in [0.3, 0.4) is 0 Å². The molecule has 6 heteroatoms. The van der Waals surface area contributed by atoms with Crippen LogP contribution >= 0.6 is 0 Å². The van der Waals surface area contributed by atoms with Crippen molar-refractivity contribution in [2.75, 3.05) is 6.61 Å². The summed E-state index contributed by atoms with van der Waals surface area (Å²) < 4.78 is 5.88. The lowest BCUT2D eigenvalue weighted by molar-refractivity contribution is -0.151. The largest absolute Gasteiger partial charge is 0.462 e. The van der Waals surface area contributed by atoms with Gasteiger partial charge in [0.05, 0.1) is 25.2 Å². The molecular formula is C55H97NO5. The first-order valence-electron chi connectivity index (χ1n) is 25.7. The minimum absolute atomic E-state index is 0.0363. The van der Waals surface area contributed by atoms with Gasteiger partial charge < -0.3 is 20.3 Å². The highest BCUT2D eigenvalue weighted by molar-refractivity contribution is 5.77. The number of unbranched alkanes of at least 4 members (excludes halogenated alkanes) is 25. The van der Waals surface area contributed by atoms with Crippen molar-refractivity contribution >= 4 is 11.9 Å². The third-order valence-corrected chi connectivity index (χ3v) is 11.4. The molecule has 3 atom stereocenters. The lowest BCUT2D eigenvalue weighted by Crippen LogP contribution is -2.46. The third-order valence-electron chi connectivity index (χ3n) is 11.4. The number of esters is 1. The van der Waals surface area contributed by atoms with E-state index >= 15 is 0 Å². The second-order valence-electron chi connectivity index (χ2n) is 17.3. The molecule has 0 spiro atoms. The average Bonchev–Trinajstić information content (AvgIpc) is 3.25. The van der Waals surface area contributed by atoms with Gasteiger partial charge in [-0.2, -0.15) is 0 Å². The molecule has 0 aromatic rings. The second kappa shape index (κ2) is 48.3. The Balaban J connectivity index is 4.71. The van der Waals surface area contributed by atoms with Crippen LogP contribution in [-0.4, -0.2) is 46.9 Å². The molecule has 0 saturated heterocycles. The summed E-state index contributed by atoms with van der Waals surface area (Å²) in [6, 6.07) is -0.723. The maximum absolute atomic E-state index is 13.2. The highest BCUT2D eigenvalue weighted by atomic mass is 16.5.